The van der Waals surface area contributed by atoms with Crippen LogP contribution < -0.4 is 0 Å². The Hall–Kier alpha value is -2.25. The van der Waals surface area contributed by atoms with Gasteiger partial charge in [-0.1, -0.05) is 165 Å². The van der Waals surface area contributed by atoms with Crippen molar-refractivity contribution in [1.82, 2.24) is 0 Å². The van der Waals surface area contributed by atoms with Gasteiger partial charge >= 0.3 is 0 Å². The summed E-state index contributed by atoms with van der Waals surface area (Å²) in [6.45, 7) is 9.15. The largest absolute Gasteiger partial charge is 0.251 e. The van der Waals surface area contributed by atoms with Crippen LogP contribution in [0.1, 0.15) is 193 Å². The van der Waals surface area contributed by atoms with Crippen molar-refractivity contribution in [3.8, 4) is 0 Å². The van der Waals surface area contributed by atoms with Crippen LogP contribution in [0.2, 0.25) is 0 Å². The van der Waals surface area contributed by atoms with Crippen LogP contribution >= 0.6 is 0 Å². The second-order valence-electron chi connectivity index (χ2n) is 14.4. The number of benzene rings is 2. The first-order valence-electron chi connectivity index (χ1n) is 21.3. The van der Waals surface area contributed by atoms with Gasteiger partial charge in [0.25, 0.3) is 0 Å². The van der Waals surface area contributed by atoms with Crippen molar-refractivity contribution in [2.24, 2.45) is 9.98 Å². The number of hydrogen-bond acceptors (Lipinski definition) is 2. The number of aryl methyl sites for hydroxylation is 2. The van der Waals surface area contributed by atoms with Gasteiger partial charge in [0.2, 0.25) is 0 Å². The zero-order valence-electron chi connectivity index (χ0n) is 33.5. The molecule has 2 rings (SSSR count). The van der Waals surface area contributed by atoms with E-state index in [-0.39, 0.29) is 16.5 Å². The van der Waals surface area contributed by atoms with Gasteiger partial charge in [0, 0.05) is 16.5 Å². The number of aliphatic imine (C=N–C) groups is 2. The van der Waals surface area contributed by atoms with Crippen LogP contribution in [-0.2, 0) is 29.3 Å². The van der Waals surface area contributed by atoms with Crippen molar-refractivity contribution in [1.29, 1.82) is 0 Å². The van der Waals surface area contributed by atoms with Crippen LogP contribution in [0.4, 0.5) is 11.4 Å². The van der Waals surface area contributed by atoms with Crippen molar-refractivity contribution >= 4 is 22.8 Å². The number of para-hydroxylation sites is 2. The van der Waals surface area contributed by atoms with E-state index in [0.29, 0.717) is 0 Å². The molecule has 2 aromatic rings. The van der Waals surface area contributed by atoms with E-state index in [0.717, 1.165) is 75.6 Å². The van der Waals surface area contributed by atoms with E-state index < -0.39 is 0 Å². The summed E-state index contributed by atoms with van der Waals surface area (Å²) in [5.74, 6) is 0. The summed E-state index contributed by atoms with van der Waals surface area (Å²) in [6.07, 6.45) is 41.9. The molecule has 0 heterocycles. The molecular weight excluding hydrogens is 663 g/mol. The summed E-state index contributed by atoms with van der Waals surface area (Å²) in [5.41, 5.74) is 7.40. The molecule has 0 aromatic heterocycles. The molecule has 0 fully saturated rings. The van der Waals surface area contributed by atoms with E-state index in [1.54, 1.807) is 0 Å². The van der Waals surface area contributed by atoms with Gasteiger partial charge in [-0.25, -0.2) is 0 Å². The zero-order valence-corrected chi connectivity index (χ0v) is 34.5. The molecule has 0 spiro atoms. The fourth-order valence-corrected chi connectivity index (χ4v) is 6.55. The molecule has 2 aromatic carbocycles. The second-order valence-corrected chi connectivity index (χ2v) is 14.4. The molecule has 0 aliphatic rings. The minimum Gasteiger partial charge on any atom is -0.251 e. The molecule has 0 atom stereocenters. The van der Waals surface area contributed by atoms with E-state index in [2.05, 4.69) is 101 Å². The van der Waals surface area contributed by atoms with E-state index in [9.17, 15) is 0 Å². The van der Waals surface area contributed by atoms with Crippen LogP contribution in [0.5, 0.6) is 0 Å². The Bertz CT molecular complexity index is 1130. The zero-order chi connectivity index (χ0) is 35.7. The quantitative estimate of drug-likeness (QED) is 0.0318. The average molecular weight is 740 g/mol. The molecule has 2 nitrogen and oxygen atoms in total. The van der Waals surface area contributed by atoms with Gasteiger partial charge in [-0.2, -0.15) is 0 Å². The van der Waals surface area contributed by atoms with E-state index in [1.807, 2.05) is 0 Å². The third-order valence-corrected chi connectivity index (χ3v) is 9.78. The molecule has 0 N–H and O–H groups in total. The van der Waals surface area contributed by atoms with Crippen LogP contribution in [0.3, 0.4) is 0 Å². The Kier molecular flexibility index (Phi) is 30.8. The molecule has 51 heavy (non-hydrogen) atoms. The first-order chi connectivity index (χ1) is 24.7. The maximum atomic E-state index is 5.44. The standard InChI is InChI=1S/C48H76N2.Ni/c1-5-9-13-15-17-19-21-23-25-27-29-35-43-37-31-33-41-45(43)49-47(39-11-7-3)48(40-12-8-4)50-46-42-34-32-38-44(46)36-30-28-26-24-22-20-18-16-14-10-6-2;/h23-26,31-34,37-38,41-42H,5-22,27-30,35-36,39-40H2,1-4H3;. The van der Waals surface area contributed by atoms with Gasteiger partial charge in [0.1, 0.15) is 0 Å². The Labute approximate surface area is 326 Å². The molecule has 0 radical (unpaired) electrons. The molecule has 0 aliphatic heterocycles. The van der Waals surface area contributed by atoms with Crippen molar-refractivity contribution < 1.29 is 16.5 Å². The average Bonchev–Trinajstić information content (AvgIpc) is 3.14. The van der Waals surface area contributed by atoms with Gasteiger partial charge < -0.3 is 0 Å². The fourth-order valence-electron chi connectivity index (χ4n) is 6.55. The second kappa shape index (κ2) is 33.6. The normalized spacial score (nSPS) is 12.3. The summed E-state index contributed by atoms with van der Waals surface area (Å²) in [4.78, 5) is 10.9. The van der Waals surface area contributed by atoms with Gasteiger partial charge in [-0.15, -0.1) is 0 Å². The number of rotatable bonds is 31. The number of unbranched alkanes of at least 4 members (excludes halogenated alkanes) is 16. The maximum Gasteiger partial charge on any atom is 0.0665 e. The molecular formula is C48H76N2Ni. The topological polar surface area (TPSA) is 24.7 Å². The van der Waals surface area contributed by atoms with Gasteiger partial charge in [0.05, 0.1) is 22.8 Å². The summed E-state index contributed by atoms with van der Waals surface area (Å²) < 4.78 is 0. The summed E-state index contributed by atoms with van der Waals surface area (Å²) in [7, 11) is 0. The van der Waals surface area contributed by atoms with Crippen LogP contribution in [0, 0.1) is 0 Å². The van der Waals surface area contributed by atoms with Crippen LogP contribution in [0.15, 0.2) is 82.8 Å². The Morgan fingerprint density at radius 1 is 0.412 bits per heavy atom. The molecule has 0 saturated carbocycles. The monoisotopic (exact) mass is 739 g/mol. The molecule has 288 valence electrons. The molecule has 0 saturated heterocycles. The van der Waals surface area contributed by atoms with Crippen molar-refractivity contribution in [2.45, 2.75) is 195 Å². The van der Waals surface area contributed by atoms with Crippen molar-refractivity contribution in [2.75, 3.05) is 0 Å². The molecule has 0 aliphatic carbocycles. The van der Waals surface area contributed by atoms with Gasteiger partial charge in [-0.3, -0.25) is 9.98 Å². The molecule has 0 amide bonds. The van der Waals surface area contributed by atoms with Gasteiger partial charge in [0.15, 0.2) is 0 Å². The Balaban J connectivity index is 0.0000130. The Morgan fingerprint density at radius 2 is 0.745 bits per heavy atom. The Morgan fingerprint density at radius 3 is 1.14 bits per heavy atom. The van der Waals surface area contributed by atoms with E-state index in [4.69, 9.17) is 9.98 Å². The smallest absolute Gasteiger partial charge is 0.0665 e. The third kappa shape index (κ3) is 23.1. The maximum absolute atomic E-state index is 5.44. The number of hydrogen-bond donors (Lipinski definition) is 0. The predicted molar refractivity (Wildman–Crippen MR) is 226 cm³/mol. The summed E-state index contributed by atoms with van der Waals surface area (Å²) in [5, 5.41) is 0. The molecule has 0 bridgehead atoms. The van der Waals surface area contributed by atoms with Crippen LogP contribution in [-0.4, -0.2) is 11.4 Å². The summed E-state index contributed by atoms with van der Waals surface area (Å²) in [6, 6.07) is 17.7. The molecule has 0 unspecified atom stereocenters. The first kappa shape index (κ1) is 46.8. The first-order valence-corrected chi connectivity index (χ1v) is 21.3. The number of allylic oxidation sites excluding steroid dienone is 4. The van der Waals surface area contributed by atoms with E-state index >= 15 is 0 Å². The third-order valence-electron chi connectivity index (χ3n) is 9.78. The van der Waals surface area contributed by atoms with Crippen molar-refractivity contribution in [3.63, 3.8) is 0 Å². The molecule has 3 heteroatoms. The summed E-state index contributed by atoms with van der Waals surface area (Å²) >= 11 is 0. The SMILES string of the molecule is CCCCCCCCC=CCCCc1ccccc1N=C(CCCC)C(CCCC)=Nc1ccccc1CCCC=CCCCCCCCC.[Ni]. The van der Waals surface area contributed by atoms with Gasteiger partial charge in [-0.05, 0) is 113 Å². The van der Waals surface area contributed by atoms with E-state index in [1.165, 1.54) is 125 Å². The van der Waals surface area contributed by atoms with Crippen LogP contribution in [0.25, 0.3) is 0 Å². The number of nitrogens with zero attached hydrogens (tertiary/aromatic N) is 2. The van der Waals surface area contributed by atoms with Crippen molar-refractivity contribution in [3.05, 3.63) is 84.0 Å². The minimum absolute atomic E-state index is 0. The fraction of sp³-hybridized carbons (Fsp3) is 0.625. The minimum atomic E-state index is 0. The predicted octanol–water partition coefficient (Wildman–Crippen LogP) is 16.2.